The zero-order valence-corrected chi connectivity index (χ0v) is 19.9. The maximum absolute atomic E-state index is 13.3. The molecule has 0 bridgehead atoms. The molecule has 0 aromatic heterocycles. The quantitative estimate of drug-likeness (QED) is 0.624. The fourth-order valence-corrected chi connectivity index (χ4v) is 3.92. The van der Waals surface area contributed by atoms with E-state index < -0.39 is 6.04 Å². The number of nitrogens with zero attached hydrogens (tertiary/aromatic N) is 1. The Hall–Kier alpha value is -3.22. The number of benzene rings is 2. The van der Waals surface area contributed by atoms with Crippen molar-refractivity contribution in [3.8, 4) is 17.2 Å². The average molecular weight is 455 g/mol. The van der Waals surface area contributed by atoms with E-state index in [1.165, 1.54) is 14.2 Å². The monoisotopic (exact) mass is 454 g/mol. The first-order valence-corrected chi connectivity index (χ1v) is 11.4. The summed E-state index contributed by atoms with van der Waals surface area (Å²) in [7, 11) is 3.07. The Balaban J connectivity index is 1.57. The molecule has 33 heavy (non-hydrogen) atoms. The summed E-state index contributed by atoms with van der Waals surface area (Å²) in [6.45, 7) is 5.85. The number of likely N-dealkylation sites (tertiary alicyclic amines) is 1. The Labute approximate surface area is 196 Å². The fraction of sp³-hybridized carbons (Fsp3) is 0.462. The number of carbonyl (C=O) groups excluding carboxylic acids is 2. The lowest BCUT2D eigenvalue weighted by atomic mass is 9.95. The van der Waals surface area contributed by atoms with Gasteiger partial charge in [0.2, 0.25) is 5.91 Å². The van der Waals surface area contributed by atoms with Gasteiger partial charge in [-0.1, -0.05) is 32.0 Å². The molecule has 1 N–H and O–H groups in total. The second-order valence-corrected chi connectivity index (χ2v) is 8.69. The molecule has 1 heterocycles. The number of methoxy groups -OCH3 is 2. The van der Waals surface area contributed by atoms with E-state index >= 15 is 0 Å². The van der Waals surface area contributed by atoms with Crippen LogP contribution >= 0.6 is 0 Å². The van der Waals surface area contributed by atoms with Crippen LogP contribution in [-0.2, 0) is 4.79 Å². The van der Waals surface area contributed by atoms with E-state index in [-0.39, 0.29) is 17.7 Å². The van der Waals surface area contributed by atoms with Gasteiger partial charge < -0.3 is 24.4 Å². The molecular weight excluding hydrogens is 420 g/mol. The van der Waals surface area contributed by atoms with Gasteiger partial charge >= 0.3 is 0 Å². The van der Waals surface area contributed by atoms with Crippen molar-refractivity contribution in [3.05, 3.63) is 54.1 Å². The Kier molecular flexibility index (Phi) is 8.58. The van der Waals surface area contributed by atoms with Gasteiger partial charge in [0.15, 0.2) is 0 Å². The van der Waals surface area contributed by atoms with E-state index in [2.05, 4.69) is 5.32 Å². The first-order chi connectivity index (χ1) is 15.9. The van der Waals surface area contributed by atoms with E-state index in [0.717, 1.165) is 18.6 Å². The molecular formula is C26H34N2O5. The van der Waals surface area contributed by atoms with Crippen molar-refractivity contribution < 1.29 is 23.8 Å². The summed E-state index contributed by atoms with van der Waals surface area (Å²) >= 11 is 0. The predicted octanol–water partition coefficient (Wildman–Crippen LogP) is 3.78. The zero-order valence-electron chi connectivity index (χ0n) is 19.9. The Morgan fingerprint density at radius 3 is 2.12 bits per heavy atom. The van der Waals surface area contributed by atoms with Crippen LogP contribution in [0.25, 0.3) is 0 Å². The van der Waals surface area contributed by atoms with Gasteiger partial charge in [-0.15, -0.1) is 0 Å². The molecule has 7 nitrogen and oxygen atoms in total. The minimum atomic E-state index is -0.605. The standard InChI is InChI=1S/C26H34N2O5/c1-18(2)24(27-25(29)20-14-22(31-3)16-23(15-20)32-4)26(30)28-12-10-19(11-13-28)17-33-21-8-6-5-7-9-21/h5-9,14-16,18-19,24H,10-13,17H2,1-4H3,(H,27,29). The van der Waals surface area contributed by atoms with E-state index in [9.17, 15) is 9.59 Å². The van der Waals surface area contributed by atoms with Crippen molar-refractivity contribution in [3.63, 3.8) is 0 Å². The number of para-hydroxylation sites is 1. The predicted molar refractivity (Wildman–Crippen MR) is 127 cm³/mol. The van der Waals surface area contributed by atoms with Gasteiger partial charge in [-0.3, -0.25) is 9.59 Å². The van der Waals surface area contributed by atoms with Crippen LogP contribution in [0.2, 0.25) is 0 Å². The number of nitrogens with one attached hydrogen (secondary N) is 1. The number of carbonyl (C=O) groups is 2. The molecule has 0 spiro atoms. The van der Waals surface area contributed by atoms with Gasteiger partial charge in [0.1, 0.15) is 23.3 Å². The first-order valence-electron chi connectivity index (χ1n) is 11.4. The number of amides is 2. The molecule has 1 unspecified atom stereocenters. The van der Waals surface area contributed by atoms with Crippen LogP contribution in [0, 0.1) is 11.8 Å². The van der Waals surface area contributed by atoms with Crippen molar-refractivity contribution in [1.29, 1.82) is 0 Å². The van der Waals surface area contributed by atoms with Crippen LogP contribution in [0.4, 0.5) is 0 Å². The Morgan fingerprint density at radius 1 is 0.970 bits per heavy atom. The number of ether oxygens (including phenoxy) is 3. The molecule has 1 aliphatic heterocycles. The second-order valence-electron chi connectivity index (χ2n) is 8.69. The third kappa shape index (κ3) is 6.63. The van der Waals surface area contributed by atoms with Gasteiger partial charge in [0.05, 0.1) is 20.8 Å². The third-order valence-electron chi connectivity index (χ3n) is 5.99. The number of hydrogen-bond acceptors (Lipinski definition) is 5. The highest BCUT2D eigenvalue weighted by Crippen LogP contribution is 2.24. The highest BCUT2D eigenvalue weighted by atomic mass is 16.5. The summed E-state index contributed by atoms with van der Waals surface area (Å²) < 4.78 is 16.4. The largest absolute Gasteiger partial charge is 0.497 e. The van der Waals surface area contributed by atoms with Gasteiger partial charge in [0, 0.05) is 24.7 Å². The third-order valence-corrected chi connectivity index (χ3v) is 5.99. The number of rotatable bonds is 9. The summed E-state index contributed by atoms with van der Waals surface area (Å²) in [5.74, 6) is 1.89. The van der Waals surface area contributed by atoms with Crippen molar-refractivity contribution in [1.82, 2.24) is 10.2 Å². The maximum Gasteiger partial charge on any atom is 0.252 e. The van der Waals surface area contributed by atoms with Crippen LogP contribution in [0.15, 0.2) is 48.5 Å². The van der Waals surface area contributed by atoms with Crippen LogP contribution in [0.3, 0.4) is 0 Å². The molecule has 178 valence electrons. The fourth-order valence-electron chi connectivity index (χ4n) is 3.92. The topological polar surface area (TPSA) is 77.1 Å². The second kappa shape index (κ2) is 11.6. The Morgan fingerprint density at radius 2 is 1.58 bits per heavy atom. The molecule has 1 atom stereocenters. The normalized spacial score (nSPS) is 15.1. The smallest absolute Gasteiger partial charge is 0.252 e. The SMILES string of the molecule is COc1cc(OC)cc(C(=O)NC(C(=O)N2CCC(COc3ccccc3)CC2)C(C)C)c1. The van der Waals surface area contributed by atoms with Crippen LogP contribution < -0.4 is 19.5 Å². The van der Waals surface area contributed by atoms with E-state index in [1.54, 1.807) is 18.2 Å². The highest BCUT2D eigenvalue weighted by Gasteiger charge is 2.31. The maximum atomic E-state index is 13.3. The van der Waals surface area contributed by atoms with Gasteiger partial charge in [-0.05, 0) is 48.9 Å². The Bertz CT molecular complexity index is 901. The number of piperidine rings is 1. The summed E-state index contributed by atoms with van der Waals surface area (Å²) in [6.07, 6.45) is 1.76. The van der Waals surface area contributed by atoms with Crippen LogP contribution in [0.5, 0.6) is 17.2 Å². The van der Waals surface area contributed by atoms with E-state index in [1.807, 2.05) is 49.1 Å². The van der Waals surface area contributed by atoms with Gasteiger partial charge in [-0.2, -0.15) is 0 Å². The summed E-state index contributed by atoms with van der Waals surface area (Å²) in [5, 5.41) is 2.92. The lowest BCUT2D eigenvalue weighted by Gasteiger charge is -2.35. The molecule has 1 aliphatic rings. The van der Waals surface area contributed by atoms with Crippen molar-refractivity contribution in [2.45, 2.75) is 32.7 Å². The molecule has 2 aromatic carbocycles. The highest BCUT2D eigenvalue weighted by molar-refractivity contribution is 5.98. The molecule has 1 fully saturated rings. The average Bonchev–Trinajstić information content (AvgIpc) is 2.85. The van der Waals surface area contributed by atoms with Gasteiger partial charge in [-0.25, -0.2) is 0 Å². The molecule has 0 aliphatic carbocycles. The van der Waals surface area contributed by atoms with Crippen molar-refractivity contribution >= 4 is 11.8 Å². The van der Waals surface area contributed by atoms with Gasteiger partial charge in [0.25, 0.3) is 5.91 Å². The minimum absolute atomic E-state index is 0.0457. The summed E-state index contributed by atoms with van der Waals surface area (Å²) in [5.41, 5.74) is 0.390. The van der Waals surface area contributed by atoms with Crippen molar-refractivity contribution in [2.24, 2.45) is 11.8 Å². The summed E-state index contributed by atoms with van der Waals surface area (Å²) in [6, 6.07) is 14.2. The summed E-state index contributed by atoms with van der Waals surface area (Å²) in [4.78, 5) is 28.1. The lowest BCUT2D eigenvalue weighted by molar-refractivity contribution is -0.135. The molecule has 2 aromatic rings. The van der Waals surface area contributed by atoms with Crippen LogP contribution in [-0.4, -0.2) is 56.7 Å². The number of hydrogen-bond donors (Lipinski definition) is 1. The zero-order chi connectivity index (χ0) is 23.8. The molecule has 2 amide bonds. The van der Waals surface area contributed by atoms with Crippen molar-refractivity contribution in [2.75, 3.05) is 33.9 Å². The van der Waals surface area contributed by atoms with E-state index in [0.29, 0.717) is 42.7 Å². The molecule has 1 saturated heterocycles. The molecule has 7 heteroatoms. The molecule has 3 rings (SSSR count). The van der Waals surface area contributed by atoms with E-state index in [4.69, 9.17) is 14.2 Å². The van der Waals surface area contributed by atoms with Crippen LogP contribution in [0.1, 0.15) is 37.0 Å². The lowest BCUT2D eigenvalue weighted by Crippen LogP contribution is -2.53. The first kappa shape index (κ1) is 24.4. The minimum Gasteiger partial charge on any atom is -0.497 e. The molecule has 0 saturated carbocycles. The molecule has 0 radical (unpaired) electrons.